The Hall–Kier alpha value is -2.07. The highest BCUT2D eigenvalue weighted by molar-refractivity contribution is 6.31. The van der Waals surface area contributed by atoms with Crippen molar-refractivity contribution in [3.8, 4) is 5.75 Å². The number of nitrogens with zero attached hydrogens (tertiary/aromatic N) is 1. The minimum absolute atomic E-state index is 0.0780. The van der Waals surface area contributed by atoms with Crippen LogP contribution >= 0.6 is 11.6 Å². The second-order valence-corrected chi connectivity index (χ2v) is 4.46. The molecule has 4 nitrogen and oxygen atoms in total. The lowest BCUT2D eigenvalue weighted by Gasteiger charge is -2.07. The average molecular weight is 277 g/mol. The predicted octanol–water partition coefficient (Wildman–Crippen LogP) is 2.41. The number of carbonyl (C=O) groups is 1. The van der Waals surface area contributed by atoms with Crippen LogP contribution in [0.15, 0.2) is 42.7 Å². The fourth-order valence-corrected chi connectivity index (χ4v) is 1.83. The second-order valence-electron chi connectivity index (χ2n) is 4.02. The van der Waals surface area contributed by atoms with E-state index in [0.29, 0.717) is 18.0 Å². The average Bonchev–Trinajstić information content (AvgIpc) is 2.42. The zero-order valence-corrected chi connectivity index (χ0v) is 10.9. The van der Waals surface area contributed by atoms with Gasteiger partial charge in [-0.05, 0) is 42.3 Å². The molecule has 5 heteroatoms. The summed E-state index contributed by atoms with van der Waals surface area (Å²) in [5, 5.41) is 12.7. The van der Waals surface area contributed by atoms with Crippen molar-refractivity contribution in [1.29, 1.82) is 0 Å². The van der Waals surface area contributed by atoms with Gasteiger partial charge in [0, 0.05) is 24.0 Å². The predicted molar refractivity (Wildman–Crippen MR) is 73.4 cm³/mol. The third-order valence-electron chi connectivity index (χ3n) is 2.65. The highest BCUT2D eigenvalue weighted by Gasteiger charge is 2.10. The highest BCUT2D eigenvalue weighted by atomic mass is 35.5. The summed E-state index contributed by atoms with van der Waals surface area (Å²) in [6.45, 7) is 0.481. The highest BCUT2D eigenvalue weighted by Crippen LogP contribution is 2.21. The molecule has 2 N–H and O–H groups in total. The Balaban J connectivity index is 1.93. The maximum atomic E-state index is 11.9. The molecule has 0 spiro atoms. The van der Waals surface area contributed by atoms with Crippen molar-refractivity contribution in [2.24, 2.45) is 0 Å². The molecule has 1 amide bonds. The zero-order valence-electron chi connectivity index (χ0n) is 10.1. The third kappa shape index (κ3) is 3.69. The Kier molecular flexibility index (Phi) is 4.36. The van der Waals surface area contributed by atoms with Gasteiger partial charge in [-0.2, -0.15) is 0 Å². The van der Waals surface area contributed by atoms with Gasteiger partial charge >= 0.3 is 0 Å². The molecular formula is C14H13ClN2O2. The molecule has 0 unspecified atom stereocenters. The second kappa shape index (κ2) is 6.20. The van der Waals surface area contributed by atoms with Crippen molar-refractivity contribution in [2.45, 2.75) is 6.42 Å². The number of hydrogen-bond donors (Lipinski definition) is 2. The molecule has 0 radical (unpaired) electrons. The summed E-state index contributed by atoms with van der Waals surface area (Å²) >= 11 is 5.79. The lowest BCUT2D eigenvalue weighted by molar-refractivity contribution is 0.0951. The van der Waals surface area contributed by atoms with E-state index in [1.54, 1.807) is 12.4 Å². The van der Waals surface area contributed by atoms with Crippen LogP contribution < -0.4 is 5.32 Å². The van der Waals surface area contributed by atoms with E-state index in [1.165, 1.54) is 18.2 Å². The van der Waals surface area contributed by atoms with Crippen molar-refractivity contribution in [1.82, 2.24) is 10.3 Å². The molecule has 0 aliphatic rings. The molecule has 0 atom stereocenters. The molecule has 19 heavy (non-hydrogen) atoms. The van der Waals surface area contributed by atoms with Crippen molar-refractivity contribution in [3.05, 3.63) is 58.9 Å². The molecule has 2 rings (SSSR count). The third-order valence-corrected chi connectivity index (χ3v) is 2.89. The molecule has 1 aromatic heterocycles. The van der Waals surface area contributed by atoms with Crippen LogP contribution in [0.3, 0.4) is 0 Å². The van der Waals surface area contributed by atoms with Crippen molar-refractivity contribution in [2.75, 3.05) is 6.54 Å². The maximum Gasteiger partial charge on any atom is 0.255 e. The quantitative estimate of drug-likeness (QED) is 0.901. The van der Waals surface area contributed by atoms with Gasteiger partial charge in [-0.3, -0.25) is 9.78 Å². The van der Waals surface area contributed by atoms with Gasteiger partial charge in [-0.15, -0.1) is 0 Å². The van der Waals surface area contributed by atoms with Crippen molar-refractivity contribution < 1.29 is 9.90 Å². The summed E-state index contributed by atoms with van der Waals surface area (Å²) in [7, 11) is 0. The SMILES string of the molecule is O=C(NCCc1ccncc1)c1cc(Cl)ccc1O. The number of phenolic OH excluding ortho intramolecular Hbond substituents is 1. The van der Waals surface area contributed by atoms with Gasteiger partial charge in [-0.25, -0.2) is 0 Å². The lowest BCUT2D eigenvalue weighted by Crippen LogP contribution is -2.25. The first-order valence-corrected chi connectivity index (χ1v) is 6.20. The van der Waals surface area contributed by atoms with Crippen LogP contribution in [0.4, 0.5) is 0 Å². The van der Waals surface area contributed by atoms with E-state index in [0.717, 1.165) is 5.56 Å². The minimum Gasteiger partial charge on any atom is -0.507 e. The standard InChI is InChI=1S/C14H13ClN2O2/c15-11-1-2-13(18)12(9-11)14(19)17-8-5-10-3-6-16-7-4-10/h1-4,6-7,9,18H,5,8H2,(H,17,19). The van der Waals surface area contributed by atoms with Crippen molar-refractivity contribution in [3.63, 3.8) is 0 Å². The molecule has 2 aromatic rings. The van der Waals surface area contributed by atoms with Gasteiger partial charge in [0.05, 0.1) is 5.56 Å². The number of carbonyl (C=O) groups excluding carboxylic acids is 1. The van der Waals surface area contributed by atoms with Gasteiger partial charge in [-0.1, -0.05) is 11.6 Å². The van der Waals surface area contributed by atoms with E-state index in [9.17, 15) is 9.90 Å². The van der Waals surface area contributed by atoms with Crippen LogP contribution in [0.25, 0.3) is 0 Å². The van der Waals surface area contributed by atoms with Crippen LogP contribution in [-0.4, -0.2) is 22.5 Å². The summed E-state index contributed by atoms with van der Waals surface area (Å²) in [5.74, 6) is -0.417. The van der Waals surface area contributed by atoms with E-state index >= 15 is 0 Å². The lowest BCUT2D eigenvalue weighted by atomic mass is 10.1. The van der Waals surface area contributed by atoms with Crippen LogP contribution in [-0.2, 0) is 6.42 Å². The minimum atomic E-state index is -0.339. The van der Waals surface area contributed by atoms with Crippen LogP contribution in [0.1, 0.15) is 15.9 Å². The van der Waals surface area contributed by atoms with E-state index in [4.69, 9.17) is 11.6 Å². The van der Waals surface area contributed by atoms with Gasteiger partial charge in [0.15, 0.2) is 0 Å². The molecule has 98 valence electrons. The maximum absolute atomic E-state index is 11.9. The van der Waals surface area contributed by atoms with E-state index in [-0.39, 0.29) is 17.2 Å². The molecular weight excluding hydrogens is 264 g/mol. The number of phenols is 1. The number of hydrogen-bond acceptors (Lipinski definition) is 3. The smallest absolute Gasteiger partial charge is 0.255 e. The first-order chi connectivity index (χ1) is 9.16. The monoisotopic (exact) mass is 276 g/mol. The number of amides is 1. The number of halogens is 1. The molecule has 0 fully saturated rings. The fourth-order valence-electron chi connectivity index (χ4n) is 1.66. The van der Waals surface area contributed by atoms with Crippen LogP contribution in [0, 0.1) is 0 Å². The van der Waals surface area contributed by atoms with Crippen LogP contribution in [0.5, 0.6) is 5.75 Å². The molecule has 1 aromatic carbocycles. The molecule has 0 saturated heterocycles. The molecule has 0 bridgehead atoms. The van der Waals surface area contributed by atoms with Gasteiger partial charge < -0.3 is 10.4 Å². The Morgan fingerprint density at radius 1 is 1.26 bits per heavy atom. The fraction of sp³-hybridized carbons (Fsp3) is 0.143. The van der Waals surface area contributed by atoms with E-state index in [2.05, 4.69) is 10.3 Å². The summed E-state index contributed by atoms with van der Waals surface area (Å²) < 4.78 is 0. The molecule has 0 aliphatic carbocycles. The zero-order chi connectivity index (χ0) is 13.7. The Bertz CT molecular complexity index is 573. The first-order valence-electron chi connectivity index (χ1n) is 5.82. The molecule has 0 saturated carbocycles. The molecule has 1 heterocycles. The Morgan fingerprint density at radius 3 is 2.74 bits per heavy atom. The summed E-state index contributed by atoms with van der Waals surface area (Å²) in [6.07, 6.45) is 4.12. The van der Waals surface area contributed by atoms with Crippen LogP contribution in [0.2, 0.25) is 5.02 Å². The Morgan fingerprint density at radius 2 is 2.00 bits per heavy atom. The first kappa shape index (κ1) is 13.4. The van der Waals surface area contributed by atoms with Gasteiger partial charge in [0.1, 0.15) is 5.75 Å². The van der Waals surface area contributed by atoms with Gasteiger partial charge in [0.2, 0.25) is 0 Å². The summed E-state index contributed by atoms with van der Waals surface area (Å²) in [6, 6.07) is 8.16. The number of pyridine rings is 1. The normalized spacial score (nSPS) is 10.2. The number of rotatable bonds is 4. The Labute approximate surface area is 116 Å². The summed E-state index contributed by atoms with van der Waals surface area (Å²) in [5.41, 5.74) is 1.27. The number of nitrogens with one attached hydrogen (secondary N) is 1. The van der Waals surface area contributed by atoms with Gasteiger partial charge in [0.25, 0.3) is 5.91 Å². The van der Waals surface area contributed by atoms with E-state index in [1.807, 2.05) is 12.1 Å². The number of aromatic hydroxyl groups is 1. The van der Waals surface area contributed by atoms with E-state index < -0.39 is 0 Å². The number of aromatic nitrogens is 1. The largest absolute Gasteiger partial charge is 0.507 e. The number of benzene rings is 1. The topological polar surface area (TPSA) is 62.2 Å². The molecule has 0 aliphatic heterocycles. The van der Waals surface area contributed by atoms with Crippen molar-refractivity contribution >= 4 is 17.5 Å². The summed E-state index contributed by atoms with van der Waals surface area (Å²) in [4.78, 5) is 15.8.